The highest BCUT2D eigenvalue weighted by molar-refractivity contribution is 6.30. The van der Waals surface area contributed by atoms with E-state index < -0.39 is 0 Å². The van der Waals surface area contributed by atoms with E-state index in [1.807, 2.05) is 19.1 Å². The van der Waals surface area contributed by atoms with Gasteiger partial charge in [0.05, 0.1) is 6.61 Å². The van der Waals surface area contributed by atoms with Gasteiger partial charge in [0.1, 0.15) is 5.75 Å². The summed E-state index contributed by atoms with van der Waals surface area (Å²) in [6, 6.07) is 5.51. The Kier molecular flexibility index (Phi) is 6.54. The summed E-state index contributed by atoms with van der Waals surface area (Å²) < 4.78 is 5.60. The normalized spacial score (nSPS) is 10.2. The lowest BCUT2D eigenvalue weighted by Crippen LogP contribution is -2.27. The third kappa shape index (κ3) is 5.38. The van der Waals surface area contributed by atoms with Crippen molar-refractivity contribution in [2.75, 3.05) is 19.7 Å². The summed E-state index contributed by atoms with van der Waals surface area (Å²) in [7, 11) is 0. The number of amides is 1. The molecule has 0 spiro atoms. The number of hydrogen-bond acceptors (Lipinski definition) is 3. The Bertz CT molecular complexity index is 397. The zero-order chi connectivity index (χ0) is 13.4. The van der Waals surface area contributed by atoms with Crippen LogP contribution in [-0.2, 0) is 4.79 Å². The molecule has 1 amide bonds. The van der Waals surface area contributed by atoms with Gasteiger partial charge in [-0.1, -0.05) is 11.6 Å². The first-order valence-electron chi connectivity index (χ1n) is 5.99. The molecule has 0 bridgehead atoms. The third-order valence-corrected chi connectivity index (χ3v) is 2.64. The Morgan fingerprint density at radius 1 is 1.50 bits per heavy atom. The number of hydrogen-bond donors (Lipinski definition) is 2. The molecule has 0 aromatic heterocycles. The van der Waals surface area contributed by atoms with Crippen molar-refractivity contribution in [3.8, 4) is 5.75 Å². The van der Waals surface area contributed by atoms with E-state index in [1.165, 1.54) is 0 Å². The zero-order valence-corrected chi connectivity index (χ0v) is 11.3. The maximum atomic E-state index is 11.1. The van der Waals surface area contributed by atoms with Crippen molar-refractivity contribution in [3.63, 3.8) is 0 Å². The molecule has 0 aliphatic heterocycles. The van der Waals surface area contributed by atoms with E-state index in [9.17, 15) is 4.79 Å². The van der Waals surface area contributed by atoms with E-state index >= 15 is 0 Å². The summed E-state index contributed by atoms with van der Waals surface area (Å²) in [4.78, 5) is 11.1. The van der Waals surface area contributed by atoms with Crippen LogP contribution in [0.3, 0.4) is 0 Å². The molecule has 0 saturated carbocycles. The second-order valence-electron chi connectivity index (χ2n) is 4.00. The lowest BCUT2D eigenvalue weighted by atomic mass is 10.2. The van der Waals surface area contributed by atoms with Gasteiger partial charge in [0, 0.05) is 24.5 Å². The maximum Gasteiger partial charge on any atom is 0.221 e. The zero-order valence-electron chi connectivity index (χ0n) is 10.5. The third-order valence-electron chi connectivity index (χ3n) is 2.41. The van der Waals surface area contributed by atoms with Crippen molar-refractivity contribution in [1.82, 2.24) is 5.32 Å². The molecular weight excluding hydrogens is 252 g/mol. The Morgan fingerprint density at radius 2 is 2.28 bits per heavy atom. The Labute approximate surface area is 112 Å². The Hall–Kier alpha value is -1.26. The molecule has 0 unspecified atom stereocenters. The summed E-state index contributed by atoms with van der Waals surface area (Å²) in [6.45, 7) is 3.49. The monoisotopic (exact) mass is 270 g/mol. The molecule has 0 radical (unpaired) electrons. The summed E-state index contributed by atoms with van der Waals surface area (Å²) >= 11 is 5.85. The fourth-order valence-electron chi connectivity index (χ4n) is 1.48. The molecule has 5 heteroatoms. The smallest absolute Gasteiger partial charge is 0.221 e. The van der Waals surface area contributed by atoms with Crippen LogP contribution in [0.1, 0.15) is 18.4 Å². The predicted molar refractivity (Wildman–Crippen MR) is 73.0 cm³/mol. The molecule has 1 aromatic rings. The van der Waals surface area contributed by atoms with Gasteiger partial charge in [-0.3, -0.25) is 4.79 Å². The minimum absolute atomic E-state index is 0.0137. The molecule has 100 valence electrons. The van der Waals surface area contributed by atoms with E-state index in [1.54, 1.807) is 6.07 Å². The highest BCUT2D eigenvalue weighted by Crippen LogP contribution is 2.21. The van der Waals surface area contributed by atoms with Gasteiger partial charge in [-0.15, -0.1) is 0 Å². The first-order chi connectivity index (χ1) is 8.63. The Balaban J connectivity index is 2.20. The van der Waals surface area contributed by atoms with Gasteiger partial charge in [0.25, 0.3) is 0 Å². The predicted octanol–water partition coefficient (Wildman–Crippen LogP) is 1.88. The molecule has 0 aliphatic carbocycles. The minimum Gasteiger partial charge on any atom is -0.493 e. The van der Waals surface area contributed by atoms with Crippen LogP contribution in [0.25, 0.3) is 0 Å². The molecule has 0 fully saturated rings. The quantitative estimate of drug-likeness (QED) is 0.744. The molecule has 1 aromatic carbocycles. The second kappa shape index (κ2) is 7.95. The van der Waals surface area contributed by atoms with E-state index in [0.717, 1.165) is 17.7 Å². The van der Waals surface area contributed by atoms with Crippen LogP contribution in [0, 0.1) is 6.92 Å². The van der Waals surface area contributed by atoms with E-state index in [2.05, 4.69) is 5.32 Å². The average Bonchev–Trinajstić information content (AvgIpc) is 2.31. The number of benzene rings is 1. The van der Waals surface area contributed by atoms with E-state index in [0.29, 0.717) is 31.1 Å². The van der Waals surface area contributed by atoms with Crippen LogP contribution >= 0.6 is 11.6 Å². The summed E-state index contributed by atoms with van der Waals surface area (Å²) in [5.74, 6) is 0.813. The van der Waals surface area contributed by atoms with Crippen molar-refractivity contribution in [3.05, 3.63) is 28.8 Å². The average molecular weight is 271 g/mol. The highest BCUT2D eigenvalue weighted by Gasteiger charge is 2.01. The van der Waals surface area contributed by atoms with Crippen molar-refractivity contribution in [2.24, 2.45) is 5.73 Å². The van der Waals surface area contributed by atoms with Crippen LogP contribution in [0.15, 0.2) is 18.2 Å². The fraction of sp³-hybridized carbons (Fsp3) is 0.462. The van der Waals surface area contributed by atoms with Crippen molar-refractivity contribution in [2.45, 2.75) is 19.8 Å². The standard InChI is InChI=1S/C13H19ClN2O2/c1-10-9-11(14)3-4-12(10)18-8-2-7-16-13(17)5-6-15/h3-4,9H,2,5-8,15H2,1H3,(H,16,17). The van der Waals surface area contributed by atoms with Crippen LogP contribution in [0.4, 0.5) is 0 Å². The molecule has 1 rings (SSSR count). The number of halogens is 1. The van der Waals surface area contributed by atoms with Gasteiger partial charge in [0.15, 0.2) is 0 Å². The first-order valence-corrected chi connectivity index (χ1v) is 6.37. The van der Waals surface area contributed by atoms with E-state index in [-0.39, 0.29) is 5.91 Å². The van der Waals surface area contributed by atoms with Crippen LogP contribution in [0.2, 0.25) is 5.02 Å². The molecule has 0 aliphatic rings. The number of aryl methyl sites for hydroxylation is 1. The second-order valence-corrected chi connectivity index (χ2v) is 4.44. The lowest BCUT2D eigenvalue weighted by Gasteiger charge is -2.09. The van der Waals surface area contributed by atoms with Crippen molar-refractivity contribution < 1.29 is 9.53 Å². The molecule has 0 atom stereocenters. The molecule has 18 heavy (non-hydrogen) atoms. The molecule has 0 heterocycles. The molecule has 3 N–H and O–H groups in total. The molecule has 4 nitrogen and oxygen atoms in total. The number of nitrogens with two attached hydrogens (primary N) is 1. The van der Waals surface area contributed by atoms with Gasteiger partial charge >= 0.3 is 0 Å². The van der Waals surface area contributed by atoms with Crippen molar-refractivity contribution in [1.29, 1.82) is 0 Å². The number of carbonyl (C=O) groups is 1. The largest absolute Gasteiger partial charge is 0.493 e. The topological polar surface area (TPSA) is 64.3 Å². The number of rotatable bonds is 7. The fourth-order valence-corrected chi connectivity index (χ4v) is 1.70. The first kappa shape index (κ1) is 14.8. The number of ether oxygens (including phenoxy) is 1. The van der Waals surface area contributed by atoms with Gasteiger partial charge in [-0.05, 0) is 37.1 Å². The summed E-state index contributed by atoms with van der Waals surface area (Å²) in [5, 5.41) is 3.48. The van der Waals surface area contributed by atoms with Gasteiger partial charge < -0.3 is 15.8 Å². The van der Waals surface area contributed by atoms with Crippen molar-refractivity contribution >= 4 is 17.5 Å². The van der Waals surface area contributed by atoms with Crippen LogP contribution < -0.4 is 15.8 Å². The lowest BCUT2D eigenvalue weighted by molar-refractivity contribution is -0.120. The van der Waals surface area contributed by atoms with Gasteiger partial charge in [-0.25, -0.2) is 0 Å². The SMILES string of the molecule is Cc1cc(Cl)ccc1OCCCNC(=O)CCN. The maximum absolute atomic E-state index is 11.1. The van der Waals surface area contributed by atoms with Crippen LogP contribution in [0.5, 0.6) is 5.75 Å². The molecular formula is C13H19ClN2O2. The van der Waals surface area contributed by atoms with Gasteiger partial charge in [-0.2, -0.15) is 0 Å². The summed E-state index contributed by atoms with van der Waals surface area (Å²) in [5.41, 5.74) is 6.28. The Morgan fingerprint density at radius 3 is 2.94 bits per heavy atom. The van der Waals surface area contributed by atoms with E-state index in [4.69, 9.17) is 22.1 Å². The number of nitrogens with one attached hydrogen (secondary N) is 1. The minimum atomic E-state index is -0.0137. The highest BCUT2D eigenvalue weighted by atomic mass is 35.5. The summed E-state index contributed by atoms with van der Waals surface area (Å²) in [6.07, 6.45) is 1.13. The number of carbonyl (C=O) groups excluding carboxylic acids is 1. The van der Waals surface area contributed by atoms with Gasteiger partial charge in [0.2, 0.25) is 5.91 Å². The molecule has 0 saturated heterocycles. The van der Waals surface area contributed by atoms with Crippen LogP contribution in [-0.4, -0.2) is 25.6 Å².